The second-order valence-electron chi connectivity index (χ2n) is 9.25. The van der Waals surface area contributed by atoms with Gasteiger partial charge in [0.15, 0.2) is 0 Å². The molecule has 1 fully saturated rings. The fourth-order valence-corrected chi connectivity index (χ4v) is 3.79. The van der Waals surface area contributed by atoms with E-state index in [9.17, 15) is 14.9 Å². The minimum atomic E-state index is -0.529. The van der Waals surface area contributed by atoms with Crippen LogP contribution in [0.15, 0.2) is 30.5 Å². The predicted molar refractivity (Wildman–Crippen MR) is 123 cm³/mol. The number of fused-ring (bicyclic) bond motifs is 1. The van der Waals surface area contributed by atoms with Gasteiger partial charge in [0.25, 0.3) is 0 Å². The number of hydrazine groups is 1. The van der Waals surface area contributed by atoms with E-state index in [1.165, 1.54) is 6.20 Å². The van der Waals surface area contributed by atoms with Gasteiger partial charge < -0.3 is 29.2 Å². The van der Waals surface area contributed by atoms with Gasteiger partial charge in [-0.3, -0.25) is 9.99 Å². The molecule has 34 heavy (non-hydrogen) atoms. The quantitative estimate of drug-likeness (QED) is 0.497. The number of aromatic nitrogens is 2. The summed E-state index contributed by atoms with van der Waals surface area (Å²) in [7, 11) is 0. The lowest BCUT2D eigenvalue weighted by atomic mass is 10.2. The summed E-state index contributed by atoms with van der Waals surface area (Å²) in [5.74, 6) is 0.506. The SMILES string of the molecule is CC(C)(C)OC(=O)NN1CCN(c2ccc(OC[C@H]3CCn4cc([N+](=O)[O-])nc4O3)cc2)CC1. The van der Waals surface area contributed by atoms with E-state index < -0.39 is 16.6 Å². The zero-order chi connectivity index (χ0) is 24.3. The molecule has 1 saturated heterocycles. The molecular formula is C22H30N6O6. The Morgan fingerprint density at radius 3 is 2.56 bits per heavy atom. The van der Waals surface area contributed by atoms with Crippen LogP contribution in [0.5, 0.6) is 11.8 Å². The van der Waals surface area contributed by atoms with Gasteiger partial charge >= 0.3 is 17.9 Å². The number of benzene rings is 1. The standard InChI is InChI=1S/C22H30N6O6/c1-22(2,3)34-21(29)24-27-12-10-25(11-13-27)16-4-6-17(7-5-16)32-15-18-8-9-26-14-19(28(30)31)23-20(26)33-18/h4-7,14,18H,8-13,15H2,1-3H3,(H,24,29)/t18-/m1/s1. The molecule has 4 rings (SSSR count). The van der Waals surface area contributed by atoms with Gasteiger partial charge in [0.05, 0.1) is 0 Å². The van der Waals surface area contributed by atoms with Crippen LogP contribution < -0.4 is 19.8 Å². The molecule has 1 N–H and O–H groups in total. The van der Waals surface area contributed by atoms with Crippen molar-refractivity contribution in [3.63, 3.8) is 0 Å². The van der Waals surface area contributed by atoms with Crippen molar-refractivity contribution in [3.8, 4) is 11.8 Å². The number of hydrogen-bond donors (Lipinski definition) is 1. The van der Waals surface area contributed by atoms with Gasteiger partial charge in [-0.15, -0.1) is 0 Å². The number of nitrogens with one attached hydrogen (secondary N) is 1. The summed E-state index contributed by atoms with van der Waals surface area (Å²) in [6.45, 7) is 9.34. The lowest BCUT2D eigenvalue weighted by molar-refractivity contribution is -0.389. The molecule has 0 unspecified atom stereocenters. The lowest BCUT2D eigenvalue weighted by Crippen LogP contribution is -2.54. The number of ether oxygens (including phenoxy) is 3. The smallest absolute Gasteiger partial charge is 0.422 e. The first-order valence-electron chi connectivity index (χ1n) is 11.3. The Bertz CT molecular complexity index is 1010. The van der Waals surface area contributed by atoms with E-state index in [4.69, 9.17) is 14.2 Å². The molecule has 12 nitrogen and oxygen atoms in total. The molecule has 2 aliphatic rings. The number of carbonyl (C=O) groups excluding carboxylic acids is 1. The van der Waals surface area contributed by atoms with E-state index in [1.807, 2.05) is 50.0 Å². The van der Waals surface area contributed by atoms with Crippen LogP contribution in [0.25, 0.3) is 0 Å². The largest absolute Gasteiger partial charge is 0.490 e. The Hall–Kier alpha value is -3.54. The number of piperazine rings is 1. The van der Waals surface area contributed by atoms with Crippen molar-refractivity contribution in [2.24, 2.45) is 0 Å². The van der Waals surface area contributed by atoms with Crippen LogP contribution in [-0.2, 0) is 11.3 Å². The minimum Gasteiger partial charge on any atom is -0.490 e. The van der Waals surface area contributed by atoms with E-state index in [-0.39, 0.29) is 17.9 Å². The van der Waals surface area contributed by atoms with E-state index >= 15 is 0 Å². The third kappa shape index (κ3) is 6.07. The van der Waals surface area contributed by atoms with Gasteiger partial charge in [-0.05, 0) is 50.0 Å². The molecule has 0 spiro atoms. The van der Waals surface area contributed by atoms with Crippen LogP contribution in [0.3, 0.4) is 0 Å². The van der Waals surface area contributed by atoms with Gasteiger partial charge in [0, 0.05) is 49.8 Å². The van der Waals surface area contributed by atoms with Gasteiger partial charge in [0.2, 0.25) is 0 Å². The molecule has 1 aromatic heterocycles. The van der Waals surface area contributed by atoms with E-state index in [1.54, 1.807) is 4.57 Å². The van der Waals surface area contributed by atoms with Crippen molar-refractivity contribution in [2.45, 2.75) is 45.4 Å². The Morgan fingerprint density at radius 1 is 1.21 bits per heavy atom. The second-order valence-corrected chi connectivity index (χ2v) is 9.25. The number of carbonyl (C=O) groups is 1. The van der Waals surface area contributed by atoms with Crippen molar-refractivity contribution in [2.75, 3.05) is 37.7 Å². The Balaban J connectivity index is 1.22. The maximum Gasteiger partial charge on any atom is 0.422 e. The summed E-state index contributed by atoms with van der Waals surface area (Å²) in [6, 6.07) is 8.08. The topological polar surface area (TPSA) is 124 Å². The molecule has 0 saturated carbocycles. The number of amides is 1. The maximum absolute atomic E-state index is 11.9. The highest BCUT2D eigenvalue weighted by Crippen LogP contribution is 2.25. The summed E-state index contributed by atoms with van der Waals surface area (Å²) in [6.07, 6.45) is 1.41. The monoisotopic (exact) mass is 474 g/mol. The zero-order valence-corrected chi connectivity index (χ0v) is 19.6. The molecule has 2 aliphatic heterocycles. The average molecular weight is 475 g/mol. The van der Waals surface area contributed by atoms with Gasteiger partial charge in [0.1, 0.15) is 30.3 Å². The number of rotatable bonds is 6. The highest BCUT2D eigenvalue weighted by Gasteiger charge is 2.28. The Morgan fingerprint density at radius 2 is 1.91 bits per heavy atom. The van der Waals surface area contributed by atoms with E-state index in [0.717, 1.165) is 24.5 Å². The van der Waals surface area contributed by atoms with E-state index in [0.29, 0.717) is 32.7 Å². The second kappa shape index (κ2) is 9.75. The van der Waals surface area contributed by atoms with Crippen LogP contribution in [0.1, 0.15) is 27.2 Å². The predicted octanol–water partition coefficient (Wildman–Crippen LogP) is 2.58. The zero-order valence-electron chi connectivity index (χ0n) is 19.6. The number of imidazole rings is 1. The van der Waals surface area contributed by atoms with Crippen LogP contribution in [-0.4, -0.2) is 70.1 Å². The van der Waals surface area contributed by atoms with Crippen molar-refractivity contribution >= 4 is 17.6 Å². The molecule has 1 aromatic carbocycles. The molecule has 3 heterocycles. The summed E-state index contributed by atoms with van der Waals surface area (Å²) in [5.41, 5.74) is 3.34. The number of anilines is 1. The van der Waals surface area contributed by atoms with Gasteiger partial charge in [-0.25, -0.2) is 9.80 Å². The Labute approximate surface area is 197 Å². The summed E-state index contributed by atoms with van der Waals surface area (Å²) in [5, 5.41) is 12.7. The number of hydrogen-bond acceptors (Lipinski definition) is 9. The van der Waals surface area contributed by atoms with Crippen molar-refractivity contribution in [1.29, 1.82) is 0 Å². The molecule has 0 radical (unpaired) electrons. The molecule has 0 bridgehead atoms. The fourth-order valence-electron chi connectivity index (χ4n) is 3.79. The average Bonchev–Trinajstić information content (AvgIpc) is 3.21. The number of nitro groups is 1. The summed E-state index contributed by atoms with van der Waals surface area (Å²) in [4.78, 5) is 28.4. The fraction of sp³-hybridized carbons (Fsp3) is 0.545. The number of nitrogens with zero attached hydrogens (tertiary/aromatic N) is 5. The van der Waals surface area contributed by atoms with Crippen molar-refractivity contribution in [3.05, 3.63) is 40.6 Å². The van der Waals surface area contributed by atoms with Crippen molar-refractivity contribution < 1.29 is 23.9 Å². The van der Waals surface area contributed by atoms with Crippen LogP contribution >= 0.6 is 0 Å². The normalized spacial score (nSPS) is 18.6. The molecule has 12 heteroatoms. The molecule has 1 atom stereocenters. The first-order valence-corrected chi connectivity index (χ1v) is 11.3. The highest BCUT2D eigenvalue weighted by atomic mass is 16.6. The first kappa shape index (κ1) is 23.6. The summed E-state index contributed by atoms with van der Waals surface area (Å²) < 4.78 is 18.6. The molecule has 184 valence electrons. The van der Waals surface area contributed by atoms with Gasteiger partial charge in [-0.1, -0.05) is 0 Å². The lowest BCUT2D eigenvalue weighted by Gasteiger charge is -2.36. The molecule has 2 aromatic rings. The number of aryl methyl sites for hydroxylation is 1. The van der Waals surface area contributed by atoms with Gasteiger partial charge in [-0.2, -0.15) is 0 Å². The Kier molecular flexibility index (Phi) is 6.77. The highest BCUT2D eigenvalue weighted by molar-refractivity contribution is 5.67. The van der Waals surface area contributed by atoms with Crippen LogP contribution in [0, 0.1) is 10.1 Å². The molecule has 1 amide bonds. The molecular weight excluding hydrogens is 444 g/mol. The maximum atomic E-state index is 11.9. The minimum absolute atomic E-state index is 0.214. The third-order valence-corrected chi connectivity index (χ3v) is 5.44. The van der Waals surface area contributed by atoms with Crippen LogP contribution in [0.2, 0.25) is 0 Å². The van der Waals surface area contributed by atoms with E-state index in [2.05, 4.69) is 15.3 Å². The van der Waals surface area contributed by atoms with Crippen LogP contribution in [0.4, 0.5) is 16.3 Å². The molecule has 0 aliphatic carbocycles. The van der Waals surface area contributed by atoms with Crippen molar-refractivity contribution in [1.82, 2.24) is 20.0 Å². The first-order chi connectivity index (χ1) is 16.2. The summed E-state index contributed by atoms with van der Waals surface area (Å²) >= 11 is 0. The third-order valence-electron chi connectivity index (χ3n) is 5.44.